The van der Waals surface area contributed by atoms with Gasteiger partial charge in [-0.1, -0.05) is 26.7 Å². The SMILES string of the molecule is C=CC(=O)OCC1(F)C2C(F)(COC(=O)CC)C(F)(F)C(F)(F)C(F)(COC(=O)C=C)C2(F)C(F)(COC(=O)C=C)C(F)(F)C1(F)F. The molecule has 8 nitrogen and oxygen atoms in total. The van der Waals surface area contributed by atoms with Gasteiger partial charge in [-0.2, -0.15) is 35.1 Å². The highest BCUT2D eigenvalue weighted by atomic mass is 19.3. The zero-order valence-electron chi connectivity index (χ0n) is 23.6. The lowest BCUT2D eigenvalue weighted by Crippen LogP contribution is -2.96. The molecule has 47 heavy (non-hydrogen) atoms. The van der Waals surface area contributed by atoms with Crippen molar-refractivity contribution in [2.24, 2.45) is 5.92 Å². The summed E-state index contributed by atoms with van der Waals surface area (Å²) in [7, 11) is 0. The number of carbonyl (C=O) groups excluding carboxylic acids is 4. The molecule has 0 N–H and O–H groups in total. The molecule has 2 rings (SSSR count). The summed E-state index contributed by atoms with van der Waals surface area (Å²) in [6.07, 6.45) is -1.16. The Labute approximate surface area is 255 Å². The Bertz CT molecular complexity index is 1310. The quantitative estimate of drug-likeness (QED) is 0.123. The van der Waals surface area contributed by atoms with Gasteiger partial charge in [0.2, 0.25) is 17.0 Å². The summed E-state index contributed by atoms with van der Waals surface area (Å²) in [5.74, 6) is -43.0. The molecule has 0 aromatic heterocycles. The monoisotopic (exact) mass is 710 g/mol. The summed E-state index contributed by atoms with van der Waals surface area (Å²) in [6.45, 7) is -4.34. The summed E-state index contributed by atoms with van der Waals surface area (Å²) >= 11 is 0. The van der Waals surface area contributed by atoms with E-state index in [4.69, 9.17) is 0 Å². The minimum Gasteiger partial charge on any atom is -0.462 e. The minimum absolute atomic E-state index is 0.0388. The van der Waals surface area contributed by atoms with Gasteiger partial charge in [-0.05, 0) is 0 Å². The first-order valence-corrected chi connectivity index (χ1v) is 12.7. The molecular weight excluding hydrogens is 687 g/mol. The molecule has 0 radical (unpaired) electrons. The van der Waals surface area contributed by atoms with Crippen LogP contribution in [0.15, 0.2) is 38.0 Å². The summed E-state index contributed by atoms with van der Waals surface area (Å²) in [5, 5.41) is 0. The zero-order chi connectivity index (χ0) is 36.9. The largest absolute Gasteiger partial charge is 0.462 e. The second kappa shape index (κ2) is 12.0. The molecule has 2 aliphatic rings. The molecule has 21 heteroatoms. The molecule has 0 saturated heterocycles. The Hall–Kier alpha value is -3.81. The van der Waals surface area contributed by atoms with Crippen LogP contribution in [0.2, 0.25) is 0 Å². The van der Waals surface area contributed by atoms with E-state index in [-0.39, 0.29) is 18.2 Å². The Kier molecular flexibility index (Phi) is 10.1. The van der Waals surface area contributed by atoms with Gasteiger partial charge in [0.15, 0.2) is 0 Å². The van der Waals surface area contributed by atoms with Gasteiger partial charge in [0, 0.05) is 24.6 Å². The number of halogens is 13. The van der Waals surface area contributed by atoms with Crippen LogP contribution in [0.3, 0.4) is 0 Å². The average Bonchev–Trinajstić information content (AvgIpc) is 3.01. The number of ether oxygens (including phenoxy) is 4. The fourth-order valence-electron chi connectivity index (χ4n) is 5.32. The second-order valence-electron chi connectivity index (χ2n) is 10.2. The van der Waals surface area contributed by atoms with Gasteiger partial charge in [-0.15, -0.1) is 0 Å². The van der Waals surface area contributed by atoms with Crippen molar-refractivity contribution in [2.45, 2.75) is 65.4 Å². The van der Waals surface area contributed by atoms with E-state index in [1.54, 1.807) is 0 Å². The van der Waals surface area contributed by atoms with E-state index < -0.39 is 115 Å². The van der Waals surface area contributed by atoms with Gasteiger partial charge in [0.05, 0.1) is 5.92 Å². The van der Waals surface area contributed by atoms with Gasteiger partial charge in [0.25, 0.3) is 11.3 Å². The number of rotatable bonds is 12. The predicted octanol–water partition coefficient (Wildman–Crippen LogP) is 4.85. The third-order valence-corrected chi connectivity index (χ3v) is 7.78. The third-order valence-electron chi connectivity index (χ3n) is 7.78. The van der Waals surface area contributed by atoms with Crippen molar-refractivity contribution in [1.82, 2.24) is 0 Å². The lowest BCUT2D eigenvalue weighted by atomic mass is 9.44. The molecule has 6 atom stereocenters. The predicted molar refractivity (Wildman–Crippen MR) is 127 cm³/mol. The van der Waals surface area contributed by atoms with Crippen LogP contribution in [0.5, 0.6) is 0 Å². The molecule has 2 saturated carbocycles. The van der Waals surface area contributed by atoms with Crippen molar-refractivity contribution in [1.29, 1.82) is 0 Å². The highest BCUT2D eigenvalue weighted by Gasteiger charge is 3.05. The van der Waals surface area contributed by atoms with Crippen LogP contribution < -0.4 is 0 Å². The lowest BCUT2D eigenvalue weighted by Gasteiger charge is -2.67. The van der Waals surface area contributed by atoms with Crippen molar-refractivity contribution in [2.75, 3.05) is 26.4 Å². The minimum atomic E-state index is -7.36. The van der Waals surface area contributed by atoms with Gasteiger partial charge in [-0.3, -0.25) is 4.79 Å². The van der Waals surface area contributed by atoms with Crippen molar-refractivity contribution >= 4 is 23.9 Å². The summed E-state index contributed by atoms with van der Waals surface area (Å²) < 4.78 is 225. The summed E-state index contributed by atoms with van der Waals surface area (Å²) in [5.41, 5.74) is -33.2. The smallest absolute Gasteiger partial charge is 0.353 e. The molecule has 0 spiro atoms. The van der Waals surface area contributed by atoms with Crippen molar-refractivity contribution in [3.05, 3.63) is 38.0 Å². The molecule has 6 unspecified atom stereocenters. The van der Waals surface area contributed by atoms with E-state index in [0.717, 1.165) is 6.92 Å². The van der Waals surface area contributed by atoms with Crippen LogP contribution in [0.1, 0.15) is 13.3 Å². The Balaban J connectivity index is 3.34. The molecule has 266 valence electrons. The van der Waals surface area contributed by atoms with Gasteiger partial charge >= 0.3 is 47.6 Å². The fraction of sp³-hybridized carbons (Fsp3) is 0.615. The van der Waals surface area contributed by atoms with Crippen molar-refractivity contribution in [3.63, 3.8) is 0 Å². The van der Waals surface area contributed by atoms with Crippen LogP contribution in [-0.4, -0.2) is 102 Å². The number of esters is 4. The van der Waals surface area contributed by atoms with Gasteiger partial charge < -0.3 is 18.9 Å². The highest BCUT2D eigenvalue weighted by molar-refractivity contribution is 5.82. The van der Waals surface area contributed by atoms with Crippen molar-refractivity contribution < 1.29 is 95.2 Å². The van der Waals surface area contributed by atoms with Crippen LogP contribution in [0.4, 0.5) is 57.1 Å². The Morgan fingerprint density at radius 1 is 0.532 bits per heavy atom. The Morgan fingerprint density at radius 2 is 0.830 bits per heavy atom. The number of fused-ring (bicyclic) bond motifs is 1. The topological polar surface area (TPSA) is 105 Å². The number of hydrogen-bond donors (Lipinski definition) is 0. The first-order chi connectivity index (χ1) is 21.2. The molecule has 2 aliphatic carbocycles. The maximum absolute atomic E-state index is 17.5. The average molecular weight is 710 g/mol. The lowest BCUT2D eigenvalue weighted by molar-refractivity contribution is -0.484. The van der Waals surface area contributed by atoms with Gasteiger partial charge in [0.1, 0.15) is 26.4 Å². The zero-order valence-corrected chi connectivity index (χ0v) is 23.6. The third kappa shape index (κ3) is 4.88. The van der Waals surface area contributed by atoms with Crippen LogP contribution in [0, 0.1) is 5.92 Å². The van der Waals surface area contributed by atoms with E-state index >= 15 is 57.1 Å². The molecule has 0 heterocycles. The van der Waals surface area contributed by atoms with E-state index in [0.29, 0.717) is 0 Å². The second-order valence-corrected chi connectivity index (χ2v) is 10.2. The highest BCUT2D eigenvalue weighted by Crippen LogP contribution is 2.77. The molecule has 0 amide bonds. The van der Waals surface area contributed by atoms with Crippen LogP contribution in [-0.2, 0) is 38.1 Å². The molecule has 0 aromatic rings. The van der Waals surface area contributed by atoms with E-state index in [1.807, 2.05) is 0 Å². The summed E-state index contributed by atoms with van der Waals surface area (Å²) in [6, 6.07) is 0. The first kappa shape index (κ1) is 39.4. The van der Waals surface area contributed by atoms with E-state index in [1.165, 1.54) is 0 Å². The summed E-state index contributed by atoms with van der Waals surface area (Å²) in [4.78, 5) is 46.4. The first-order valence-electron chi connectivity index (χ1n) is 12.7. The molecular formula is C26H23F13O8. The molecule has 0 aliphatic heterocycles. The molecule has 0 aromatic carbocycles. The number of carbonyl (C=O) groups is 4. The number of hydrogen-bond acceptors (Lipinski definition) is 8. The molecule has 0 bridgehead atoms. The van der Waals surface area contributed by atoms with E-state index in [2.05, 4.69) is 38.7 Å². The fourth-order valence-corrected chi connectivity index (χ4v) is 5.32. The normalized spacial score (nSPS) is 36.1. The van der Waals surface area contributed by atoms with Crippen LogP contribution in [0.25, 0.3) is 0 Å². The molecule has 2 fully saturated rings. The maximum Gasteiger partial charge on any atom is 0.353 e. The van der Waals surface area contributed by atoms with E-state index in [9.17, 15) is 19.2 Å². The standard InChI is InChI=1S/C26H23F13O8/c1-5-13(40)44-9-18(27)17-19(28,10-45-14(41)6-2)24(34,35)26(38,39)21(30,12-47-16(43)8-4)22(17,31)20(29,11-46-15(42)7-3)25(36,37)23(18,32)33/h5,7-8,17H,1,3-4,6,9-12H2,2H3. The Morgan fingerprint density at radius 3 is 1.13 bits per heavy atom. The van der Waals surface area contributed by atoms with Crippen molar-refractivity contribution in [3.8, 4) is 0 Å². The maximum atomic E-state index is 17.5. The van der Waals surface area contributed by atoms with Gasteiger partial charge in [-0.25, -0.2) is 36.3 Å². The van der Waals surface area contributed by atoms with Crippen LogP contribution >= 0.6 is 0 Å². The number of alkyl halides is 13.